The van der Waals surface area contributed by atoms with Crippen LogP contribution in [0.5, 0.6) is 0 Å². The molecule has 0 aromatic heterocycles. The maximum Gasteiger partial charge on any atom is 0.279 e. The first kappa shape index (κ1) is 20.2. The molecule has 0 aliphatic carbocycles. The summed E-state index contributed by atoms with van der Waals surface area (Å²) >= 11 is 3.42. The van der Waals surface area contributed by atoms with Crippen LogP contribution in [0.4, 0.5) is 5.69 Å². The van der Waals surface area contributed by atoms with E-state index in [1.807, 2.05) is 24.3 Å². The van der Waals surface area contributed by atoms with Crippen molar-refractivity contribution in [3.63, 3.8) is 0 Å². The Labute approximate surface area is 182 Å². The number of nitrogens with zero attached hydrogens (tertiary/aromatic N) is 3. The fraction of sp³-hybridized carbons (Fsp3) is 0.0952. The molecule has 4 rings (SSSR count). The number of benzene rings is 3. The SMILES string of the molecule is O=[N+]([O-])c1cccc([C@H]2CC(c3cccc(Br)c3)=NN2S(=O)(=O)c2ccccc2)c1. The van der Waals surface area contributed by atoms with Crippen molar-refractivity contribution >= 4 is 37.4 Å². The lowest BCUT2D eigenvalue weighted by Gasteiger charge is -2.23. The van der Waals surface area contributed by atoms with E-state index < -0.39 is 21.0 Å². The van der Waals surface area contributed by atoms with Gasteiger partial charge in [0.1, 0.15) is 0 Å². The summed E-state index contributed by atoms with van der Waals surface area (Å²) in [5.41, 5.74) is 1.79. The van der Waals surface area contributed by atoms with E-state index in [1.54, 1.807) is 30.3 Å². The van der Waals surface area contributed by atoms with Gasteiger partial charge in [-0.25, -0.2) is 0 Å². The Morgan fingerprint density at radius 1 is 1.00 bits per heavy atom. The Hall–Kier alpha value is -3.04. The van der Waals surface area contributed by atoms with Crippen molar-refractivity contribution in [2.24, 2.45) is 5.10 Å². The molecule has 0 saturated carbocycles. The molecule has 9 heteroatoms. The predicted octanol–water partition coefficient (Wildman–Crippen LogP) is 4.90. The van der Waals surface area contributed by atoms with Gasteiger partial charge in [-0.3, -0.25) is 10.1 Å². The first-order valence-electron chi connectivity index (χ1n) is 9.03. The predicted molar refractivity (Wildman–Crippen MR) is 117 cm³/mol. The van der Waals surface area contributed by atoms with E-state index in [-0.39, 0.29) is 10.6 Å². The zero-order valence-electron chi connectivity index (χ0n) is 15.6. The first-order chi connectivity index (χ1) is 14.4. The van der Waals surface area contributed by atoms with Crippen molar-refractivity contribution in [3.05, 3.63) is 105 Å². The lowest BCUT2D eigenvalue weighted by atomic mass is 9.99. The second-order valence-corrected chi connectivity index (χ2v) is 9.43. The number of nitro groups is 1. The van der Waals surface area contributed by atoms with Gasteiger partial charge in [0.25, 0.3) is 15.7 Å². The molecule has 1 aliphatic heterocycles. The highest BCUT2D eigenvalue weighted by molar-refractivity contribution is 9.10. The molecule has 152 valence electrons. The zero-order valence-corrected chi connectivity index (χ0v) is 18.0. The van der Waals surface area contributed by atoms with Crippen LogP contribution < -0.4 is 0 Å². The van der Waals surface area contributed by atoms with Crippen molar-refractivity contribution in [1.82, 2.24) is 4.41 Å². The monoisotopic (exact) mass is 485 g/mol. The van der Waals surface area contributed by atoms with E-state index in [9.17, 15) is 18.5 Å². The van der Waals surface area contributed by atoms with Crippen LogP contribution in [0.1, 0.15) is 23.6 Å². The van der Waals surface area contributed by atoms with Crippen LogP contribution in [-0.4, -0.2) is 23.5 Å². The maximum atomic E-state index is 13.4. The molecule has 7 nitrogen and oxygen atoms in total. The highest BCUT2D eigenvalue weighted by atomic mass is 79.9. The van der Waals surface area contributed by atoms with Gasteiger partial charge in [0.2, 0.25) is 0 Å². The van der Waals surface area contributed by atoms with Crippen LogP contribution in [0.2, 0.25) is 0 Å². The maximum absolute atomic E-state index is 13.4. The number of sulfonamides is 1. The average Bonchev–Trinajstić information content (AvgIpc) is 3.21. The number of hydrogen-bond acceptors (Lipinski definition) is 5. The quantitative estimate of drug-likeness (QED) is 0.379. The summed E-state index contributed by atoms with van der Waals surface area (Å²) in [6.45, 7) is 0. The van der Waals surface area contributed by atoms with E-state index in [0.717, 1.165) is 14.5 Å². The van der Waals surface area contributed by atoms with Gasteiger partial charge in [0.05, 0.1) is 21.6 Å². The molecule has 0 N–H and O–H groups in total. The van der Waals surface area contributed by atoms with Crippen LogP contribution in [-0.2, 0) is 10.0 Å². The molecule has 0 fully saturated rings. The topological polar surface area (TPSA) is 92.9 Å². The minimum absolute atomic E-state index is 0.0968. The number of hydrogen-bond donors (Lipinski definition) is 0. The Balaban J connectivity index is 1.83. The van der Waals surface area contributed by atoms with Gasteiger partial charge >= 0.3 is 0 Å². The summed E-state index contributed by atoms with van der Waals surface area (Å²) in [6, 6.07) is 20.8. The molecule has 30 heavy (non-hydrogen) atoms. The Kier molecular flexibility index (Phi) is 5.40. The normalized spacial score (nSPS) is 16.4. The van der Waals surface area contributed by atoms with Gasteiger partial charge in [0.15, 0.2) is 0 Å². The van der Waals surface area contributed by atoms with Gasteiger partial charge in [-0.05, 0) is 35.4 Å². The first-order valence-corrected chi connectivity index (χ1v) is 11.3. The van der Waals surface area contributed by atoms with Crippen molar-refractivity contribution in [2.75, 3.05) is 0 Å². The number of hydrazone groups is 1. The van der Waals surface area contributed by atoms with Crippen molar-refractivity contribution < 1.29 is 13.3 Å². The van der Waals surface area contributed by atoms with Crippen LogP contribution in [0.3, 0.4) is 0 Å². The Bertz CT molecular complexity index is 1250. The molecule has 1 aliphatic rings. The third-order valence-electron chi connectivity index (χ3n) is 4.78. The van der Waals surface area contributed by atoms with E-state index in [2.05, 4.69) is 21.0 Å². The standard InChI is InChI=1S/C21H16BrN3O4S/c22-17-8-4-6-15(12-17)20-14-21(16-7-5-9-18(13-16)25(26)27)24(23-20)30(28,29)19-10-2-1-3-11-19/h1-13,21H,14H2/t21-/m1/s1. The number of nitro benzene ring substituents is 1. The Morgan fingerprint density at radius 2 is 1.73 bits per heavy atom. The van der Waals surface area contributed by atoms with Crippen molar-refractivity contribution in [2.45, 2.75) is 17.4 Å². The molecule has 0 unspecified atom stereocenters. The molecule has 3 aromatic carbocycles. The molecule has 0 saturated heterocycles. The Morgan fingerprint density at radius 3 is 2.43 bits per heavy atom. The van der Waals surface area contributed by atoms with Gasteiger partial charge in [-0.15, -0.1) is 0 Å². The summed E-state index contributed by atoms with van der Waals surface area (Å²) in [6.07, 6.45) is 0.295. The molecule has 3 aromatic rings. The summed E-state index contributed by atoms with van der Waals surface area (Å²) in [5, 5.41) is 15.7. The zero-order chi connectivity index (χ0) is 21.3. The highest BCUT2D eigenvalue weighted by Crippen LogP contribution is 2.38. The van der Waals surface area contributed by atoms with E-state index in [0.29, 0.717) is 17.7 Å². The van der Waals surface area contributed by atoms with E-state index >= 15 is 0 Å². The molecular formula is C21H16BrN3O4S. The van der Waals surface area contributed by atoms with Gasteiger partial charge in [0, 0.05) is 23.0 Å². The number of rotatable bonds is 5. The largest absolute Gasteiger partial charge is 0.279 e. The molecule has 1 heterocycles. The third kappa shape index (κ3) is 3.86. The third-order valence-corrected chi connectivity index (χ3v) is 6.97. The van der Waals surface area contributed by atoms with Crippen LogP contribution in [0.15, 0.2) is 93.3 Å². The molecular weight excluding hydrogens is 470 g/mol. The molecule has 1 atom stereocenters. The van der Waals surface area contributed by atoms with Crippen molar-refractivity contribution in [1.29, 1.82) is 0 Å². The van der Waals surface area contributed by atoms with Gasteiger partial charge < -0.3 is 0 Å². The molecule has 0 bridgehead atoms. The highest BCUT2D eigenvalue weighted by Gasteiger charge is 2.38. The minimum Gasteiger partial charge on any atom is -0.258 e. The van der Waals surface area contributed by atoms with Crippen LogP contribution in [0.25, 0.3) is 0 Å². The smallest absolute Gasteiger partial charge is 0.258 e. The van der Waals surface area contributed by atoms with Gasteiger partial charge in [-0.1, -0.05) is 58.4 Å². The molecule has 0 spiro atoms. The molecule has 0 radical (unpaired) electrons. The summed E-state index contributed by atoms with van der Waals surface area (Å²) < 4.78 is 28.6. The van der Waals surface area contributed by atoms with E-state index in [1.165, 1.54) is 24.3 Å². The minimum atomic E-state index is -3.96. The fourth-order valence-electron chi connectivity index (χ4n) is 3.35. The summed E-state index contributed by atoms with van der Waals surface area (Å²) in [7, 11) is -3.96. The lowest BCUT2D eigenvalue weighted by Crippen LogP contribution is -2.27. The fourth-order valence-corrected chi connectivity index (χ4v) is 5.20. The second kappa shape index (κ2) is 8.00. The van der Waals surface area contributed by atoms with E-state index in [4.69, 9.17) is 0 Å². The number of non-ortho nitro benzene ring substituents is 1. The van der Waals surface area contributed by atoms with Crippen LogP contribution in [0, 0.1) is 10.1 Å². The second-order valence-electron chi connectivity index (χ2n) is 6.72. The van der Waals surface area contributed by atoms with Crippen molar-refractivity contribution in [3.8, 4) is 0 Å². The molecule has 0 amide bonds. The summed E-state index contributed by atoms with van der Waals surface area (Å²) in [5.74, 6) is 0. The lowest BCUT2D eigenvalue weighted by molar-refractivity contribution is -0.384. The average molecular weight is 486 g/mol. The number of halogens is 1. The summed E-state index contributed by atoms with van der Waals surface area (Å²) in [4.78, 5) is 10.8. The van der Waals surface area contributed by atoms with Crippen LogP contribution >= 0.6 is 15.9 Å². The van der Waals surface area contributed by atoms with Gasteiger partial charge in [-0.2, -0.15) is 17.9 Å².